The van der Waals surface area contributed by atoms with Crippen LogP contribution >= 0.6 is 0 Å². The van der Waals surface area contributed by atoms with Gasteiger partial charge in [0.25, 0.3) is 5.91 Å². The number of nitrogens with one attached hydrogen (secondary N) is 2. The lowest BCUT2D eigenvalue weighted by Gasteiger charge is -2.23. The number of carbonyl (C=O) groups is 1. The van der Waals surface area contributed by atoms with Crippen molar-refractivity contribution in [2.75, 3.05) is 40.0 Å². The van der Waals surface area contributed by atoms with E-state index in [1.807, 2.05) is 49.4 Å². The molecule has 0 radical (unpaired) electrons. The summed E-state index contributed by atoms with van der Waals surface area (Å²) in [6.45, 7) is 7.07. The summed E-state index contributed by atoms with van der Waals surface area (Å²) < 4.78 is 16.2. The quantitative estimate of drug-likeness (QED) is 0.519. The number of amides is 1. The van der Waals surface area contributed by atoms with Gasteiger partial charge in [0.1, 0.15) is 19.6 Å². The number of carbonyl (C=O) groups excluding carboxylic acids is 1. The highest BCUT2D eigenvalue weighted by atomic mass is 16.5. The van der Waals surface area contributed by atoms with Crippen molar-refractivity contribution < 1.29 is 23.9 Å². The highest BCUT2D eigenvalue weighted by Crippen LogP contribution is 2.27. The molecule has 0 unspecified atom stereocenters. The number of benzene rings is 2. The molecule has 0 saturated carbocycles. The first-order valence-corrected chi connectivity index (χ1v) is 9.84. The van der Waals surface area contributed by atoms with Gasteiger partial charge in [-0.2, -0.15) is 5.10 Å². The fraction of sp³-hybridized carbons (Fsp3) is 0.364. The molecule has 2 N–H and O–H groups in total. The van der Waals surface area contributed by atoms with Crippen LogP contribution in [-0.2, 0) is 11.3 Å². The third-order valence-corrected chi connectivity index (χ3v) is 4.74. The van der Waals surface area contributed by atoms with Gasteiger partial charge in [-0.05, 0) is 42.8 Å². The van der Waals surface area contributed by atoms with Crippen LogP contribution in [0.3, 0.4) is 0 Å². The molecule has 3 rings (SSSR count). The minimum absolute atomic E-state index is 0.245. The van der Waals surface area contributed by atoms with Gasteiger partial charge in [0, 0.05) is 11.1 Å². The number of morpholine rings is 1. The molecule has 1 saturated heterocycles. The van der Waals surface area contributed by atoms with Crippen molar-refractivity contribution in [1.29, 1.82) is 0 Å². The number of ether oxygens (including phenoxy) is 3. The van der Waals surface area contributed by atoms with Crippen LogP contribution in [0.2, 0.25) is 0 Å². The molecule has 0 atom stereocenters. The summed E-state index contributed by atoms with van der Waals surface area (Å²) in [4.78, 5) is 13.8. The minimum atomic E-state index is -0.245. The van der Waals surface area contributed by atoms with Crippen molar-refractivity contribution in [3.05, 3.63) is 59.2 Å². The fourth-order valence-electron chi connectivity index (χ4n) is 3.17. The first-order chi connectivity index (χ1) is 14.2. The summed E-state index contributed by atoms with van der Waals surface area (Å²) in [5.41, 5.74) is 5.16. The Bertz CT molecular complexity index is 830. The lowest BCUT2D eigenvalue weighted by Crippen LogP contribution is -3.12. The molecule has 154 valence electrons. The van der Waals surface area contributed by atoms with E-state index in [9.17, 15) is 4.79 Å². The van der Waals surface area contributed by atoms with Crippen molar-refractivity contribution >= 4 is 12.1 Å². The van der Waals surface area contributed by atoms with Crippen molar-refractivity contribution in [2.24, 2.45) is 5.10 Å². The number of nitrogens with zero attached hydrogens (tertiary/aromatic N) is 1. The number of hydrogen-bond acceptors (Lipinski definition) is 5. The van der Waals surface area contributed by atoms with Gasteiger partial charge in [-0.25, -0.2) is 5.43 Å². The first-order valence-electron chi connectivity index (χ1n) is 9.84. The van der Waals surface area contributed by atoms with E-state index in [1.54, 1.807) is 13.3 Å². The Morgan fingerprint density at radius 3 is 2.62 bits per heavy atom. The second kappa shape index (κ2) is 10.6. The molecule has 1 aliphatic heterocycles. The Kier molecular flexibility index (Phi) is 7.61. The molecule has 0 aliphatic carbocycles. The SMILES string of the molecule is CCOc1cc(C=NNC(=O)c2ccc(C[NH+]3CCOCC3)cc2)ccc1OC. The number of hydrogen-bond donors (Lipinski definition) is 2. The Morgan fingerprint density at radius 1 is 1.17 bits per heavy atom. The van der Waals surface area contributed by atoms with Crippen molar-refractivity contribution in [2.45, 2.75) is 13.5 Å². The molecule has 0 spiro atoms. The van der Waals surface area contributed by atoms with Gasteiger partial charge in [-0.3, -0.25) is 4.79 Å². The summed E-state index contributed by atoms with van der Waals surface area (Å²) in [6.07, 6.45) is 1.58. The molecule has 7 heteroatoms. The van der Waals surface area contributed by atoms with Gasteiger partial charge >= 0.3 is 0 Å². The highest BCUT2D eigenvalue weighted by molar-refractivity contribution is 5.94. The van der Waals surface area contributed by atoms with E-state index < -0.39 is 0 Å². The van der Waals surface area contributed by atoms with Crippen LogP contribution in [0.4, 0.5) is 0 Å². The second-order valence-corrected chi connectivity index (χ2v) is 6.78. The van der Waals surface area contributed by atoms with Crippen LogP contribution in [0.1, 0.15) is 28.4 Å². The standard InChI is InChI=1S/C22H27N3O4/c1-3-29-21-14-18(6-9-20(21)27-2)15-23-24-22(26)19-7-4-17(5-8-19)16-25-10-12-28-13-11-25/h4-9,14-15H,3,10-13,16H2,1-2H3,(H,24,26)/p+1. The van der Waals surface area contributed by atoms with Gasteiger partial charge < -0.3 is 19.1 Å². The number of methoxy groups -OCH3 is 1. The topological polar surface area (TPSA) is 73.6 Å². The maximum atomic E-state index is 12.3. The molecule has 1 aliphatic rings. The van der Waals surface area contributed by atoms with Crippen molar-refractivity contribution in [3.63, 3.8) is 0 Å². The van der Waals surface area contributed by atoms with E-state index in [0.29, 0.717) is 23.7 Å². The molecule has 1 heterocycles. The number of quaternary nitrogens is 1. The van der Waals surface area contributed by atoms with E-state index in [2.05, 4.69) is 10.5 Å². The monoisotopic (exact) mass is 398 g/mol. The number of hydrazone groups is 1. The zero-order valence-corrected chi connectivity index (χ0v) is 16.9. The summed E-state index contributed by atoms with van der Waals surface area (Å²) in [5.74, 6) is 1.06. The van der Waals surface area contributed by atoms with Gasteiger partial charge in [0.05, 0.1) is 33.1 Å². The maximum Gasteiger partial charge on any atom is 0.271 e. The molecule has 7 nitrogen and oxygen atoms in total. The van der Waals surface area contributed by atoms with E-state index in [-0.39, 0.29) is 5.91 Å². The van der Waals surface area contributed by atoms with Gasteiger partial charge in [-0.15, -0.1) is 0 Å². The Balaban J connectivity index is 1.55. The average molecular weight is 398 g/mol. The zero-order valence-electron chi connectivity index (χ0n) is 16.9. The minimum Gasteiger partial charge on any atom is -0.493 e. The molecule has 1 fully saturated rings. The zero-order chi connectivity index (χ0) is 20.5. The van der Waals surface area contributed by atoms with E-state index >= 15 is 0 Å². The predicted molar refractivity (Wildman–Crippen MR) is 111 cm³/mol. The third-order valence-electron chi connectivity index (χ3n) is 4.74. The van der Waals surface area contributed by atoms with Crippen LogP contribution < -0.4 is 19.8 Å². The average Bonchev–Trinajstić information content (AvgIpc) is 2.75. The van der Waals surface area contributed by atoms with Crippen molar-refractivity contribution in [1.82, 2.24) is 5.43 Å². The smallest absolute Gasteiger partial charge is 0.271 e. The molecule has 29 heavy (non-hydrogen) atoms. The molecule has 0 bridgehead atoms. The second-order valence-electron chi connectivity index (χ2n) is 6.78. The van der Waals surface area contributed by atoms with Gasteiger partial charge in [0.2, 0.25) is 0 Å². The molecule has 0 aromatic heterocycles. The lowest BCUT2D eigenvalue weighted by atomic mass is 10.1. The van der Waals surface area contributed by atoms with E-state index in [1.165, 1.54) is 10.5 Å². The number of rotatable bonds is 8. The Morgan fingerprint density at radius 2 is 1.93 bits per heavy atom. The summed E-state index contributed by atoms with van der Waals surface area (Å²) in [5, 5.41) is 4.05. The fourth-order valence-corrected chi connectivity index (χ4v) is 3.17. The maximum absolute atomic E-state index is 12.3. The van der Waals surface area contributed by atoms with Gasteiger partial charge in [-0.1, -0.05) is 12.1 Å². The summed E-state index contributed by atoms with van der Waals surface area (Å²) in [7, 11) is 1.60. The molecule has 2 aromatic rings. The molecule has 1 amide bonds. The van der Waals surface area contributed by atoms with Crippen LogP contribution in [0.15, 0.2) is 47.6 Å². The van der Waals surface area contributed by atoms with Crippen LogP contribution in [-0.4, -0.2) is 52.1 Å². The first kappa shape index (κ1) is 20.8. The normalized spacial score (nSPS) is 14.7. The predicted octanol–water partition coefficient (Wildman–Crippen LogP) is 1.27. The van der Waals surface area contributed by atoms with Crippen LogP contribution in [0.5, 0.6) is 11.5 Å². The van der Waals surface area contributed by atoms with E-state index in [4.69, 9.17) is 14.2 Å². The highest BCUT2D eigenvalue weighted by Gasteiger charge is 2.14. The Hall–Kier alpha value is -2.90. The molecular weight excluding hydrogens is 370 g/mol. The molecular formula is C22H28N3O4+. The van der Waals surface area contributed by atoms with Crippen molar-refractivity contribution in [3.8, 4) is 11.5 Å². The summed E-state index contributed by atoms with van der Waals surface area (Å²) >= 11 is 0. The molecule has 2 aromatic carbocycles. The third kappa shape index (κ3) is 6.04. The largest absolute Gasteiger partial charge is 0.493 e. The van der Waals surface area contributed by atoms with Crippen LogP contribution in [0.25, 0.3) is 0 Å². The van der Waals surface area contributed by atoms with E-state index in [0.717, 1.165) is 38.4 Å². The Labute approximate surface area is 171 Å². The lowest BCUT2D eigenvalue weighted by molar-refractivity contribution is -0.921. The van der Waals surface area contributed by atoms with Crippen LogP contribution in [0, 0.1) is 0 Å². The van der Waals surface area contributed by atoms with Gasteiger partial charge in [0.15, 0.2) is 11.5 Å². The summed E-state index contributed by atoms with van der Waals surface area (Å²) in [6, 6.07) is 13.1.